The first-order chi connectivity index (χ1) is 17.1. The fraction of sp³-hybridized carbons (Fsp3) is 0.462. The Labute approximate surface area is 218 Å². The van der Waals surface area contributed by atoms with Gasteiger partial charge in [0, 0.05) is 17.6 Å². The number of methoxy groups -OCH3 is 1. The zero-order valence-corrected chi connectivity index (χ0v) is 22.5. The number of anilines is 1. The van der Waals surface area contributed by atoms with Crippen LogP contribution in [0.25, 0.3) is 0 Å². The van der Waals surface area contributed by atoms with Crippen LogP contribution >= 0.6 is 11.6 Å². The van der Waals surface area contributed by atoms with Crippen LogP contribution in [0.2, 0.25) is 5.02 Å². The predicted octanol–water partition coefficient (Wildman–Crippen LogP) is 3.98. The summed E-state index contributed by atoms with van der Waals surface area (Å²) in [5.74, 6) is -0.0917. The van der Waals surface area contributed by atoms with Crippen LogP contribution in [-0.4, -0.2) is 57.1 Å². The maximum atomic E-state index is 13.7. The summed E-state index contributed by atoms with van der Waals surface area (Å²) in [6.07, 6.45) is 5.39. The van der Waals surface area contributed by atoms with E-state index in [1.807, 2.05) is 19.1 Å². The first kappa shape index (κ1) is 27.8. The van der Waals surface area contributed by atoms with Gasteiger partial charge in [0.1, 0.15) is 18.3 Å². The molecule has 1 aliphatic rings. The number of carbonyl (C=O) groups is 2. The lowest BCUT2D eigenvalue weighted by atomic mass is 10.1. The summed E-state index contributed by atoms with van der Waals surface area (Å²) in [6.45, 7) is 1.51. The minimum Gasteiger partial charge on any atom is -0.497 e. The highest BCUT2D eigenvalue weighted by Crippen LogP contribution is 2.24. The number of hydrogen-bond donors (Lipinski definition) is 1. The van der Waals surface area contributed by atoms with E-state index in [0.717, 1.165) is 41.8 Å². The molecule has 3 rings (SSSR count). The molecule has 0 saturated heterocycles. The Morgan fingerprint density at radius 3 is 2.44 bits per heavy atom. The summed E-state index contributed by atoms with van der Waals surface area (Å²) in [5, 5.41) is 3.44. The van der Waals surface area contributed by atoms with Gasteiger partial charge >= 0.3 is 0 Å². The van der Waals surface area contributed by atoms with Crippen molar-refractivity contribution in [3.63, 3.8) is 0 Å². The zero-order valence-electron chi connectivity index (χ0n) is 20.9. The van der Waals surface area contributed by atoms with Crippen molar-refractivity contribution in [3.8, 4) is 5.75 Å². The third-order valence-electron chi connectivity index (χ3n) is 6.35. The Morgan fingerprint density at radius 2 is 1.83 bits per heavy atom. The predicted molar refractivity (Wildman–Crippen MR) is 142 cm³/mol. The molecule has 2 amide bonds. The van der Waals surface area contributed by atoms with Gasteiger partial charge < -0.3 is 15.0 Å². The molecule has 10 heteroatoms. The van der Waals surface area contributed by atoms with Crippen molar-refractivity contribution in [2.24, 2.45) is 0 Å². The molecule has 0 radical (unpaired) electrons. The number of ether oxygens (including phenoxy) is 1. The van der Waals surface area contributed by atoms with E-state index in [1.54, 1.807) is 37.4 Å². The average molecular weight is 536 g/mol. The van der Waals surface area contributed by atoms with Crippen LogP contribution in [0.5, 0.6) is 5.75 Å². The lowest BCUT2D eigenvalue weighted by Gasteiger charge is -2.33. The van der Waals surface area contributed by atoms with Crippen LogP contribution in [-0.2, 0) is 26.2 Å². The van der Waals surface area contributed by atoms with Gasteiger partial charge in [0.2, 0.25) is 21.8 Å². The minimum absolute atomic E-state index is 0.0966. The normalized spacial score (nSPS) is 14.8. The second-order valence-corrected chi connectivity index (χ2v) is 11.4. The third-order valence-corrected chi connectivity index (χ3v) is 7.73. The summed E-state index contributed by atoms with van der Waals surface area (Å²) in [6, 6.07) is 12.9. The smallest absolute Gasteiger partial charge is 0.244 e. The fourth-order valence-electron chi connectivity index (χ4n) is 4.50. The summed E-state index contributed by atoms with van der Waals surface area (Å²) in [4.78, 5) is 28.5. The average Bonchev–Trinajstić information content (AvgIpc) is 3.34. The number of rotatable bonds is 11. The summed E-state index contributed by atoms with van der Waals surface area (Å²) >= 11 is 6.09. The topological polar surface area (TPSA) is 96.0 Å². The van der Waals surface area contributed by atoms with E-state index in [4.69, 9.17) is 16.3 Å². The number of halogens is 1. The van der Waals surface area contributed by atoms with Crippen molar-refractivity contribution < 1.29 is 22.7 Å². The van der Waals surface area contributed by atoms with Gasteiger partial charge in [0.15, 0.2) is 0 Å². The second-order valence-electron chi connectivity index (χ2n) is 9.04. The molecule has 1 N–H and O–H groups in total. The van der Waals surface area contributed by atoms with Gasteiger partial charge in [0.25, 0.3) is 0 Å². The first-order valence-corrected chi connectivity index (χ1v) is 14.3. The quantitative estimate of drug-likeness (QED) is 0.469. The molecule has 0 spiro atoms. The molecule has 0 heterocycles. The molecule has 0 bridgehead atoms. The summed E-state index contributed by atoms with van der Waals surface area (Å²) < 4.78 is 31.7. The second kappa shape index (κ2) is 12.5. The van der Waals surface area contributed by atoms with Crippen LogP contribution < -0.4 is 14.4 Å². The van der Waals surface area contributed by atoms with Crippen LogP contribution in [0.1, 0.15) is 44.6 Å². The van der Waals surface area contributed by atoms with Crippen molar-refractivity contribution in [2.75, 3.05) is 24.2 Å². The number of benzene rings is 2. The van der Waals surface area contributed by atoms with E-state index in [1.165, 1.54) is 11.0 Å². The van der Waals surface area contributed by atoms with E-state index in [-0.39, 0.29) is 24.2 Å². The summed E-state index contributed by atoms with van der Waals surface area (Å²) in [5.41, 5.74) is 1.05. The van der Waals surface area contributed by atoms with Gasteiger partial charge in [-0.1, -0.05) is 49.6 Å². The van der Waals surface area contributed by atoms with Crippen LogP contribution in [0, 0.1) is 0 Å². The molecule has 0 aromatic heterocycles. The highest BCUT2D eigenvalue weighted by atomic mass is 35.5. The number of carbonyl (C=O) groups excluding carboxylic acids is 2. The molecule has 1 aliphatic carbocycles. The maximum absolute atomic E-state index is 13.7. The molecule has 0 unspecified atom stereocenters. The largest absolute Gasteiger partial charge is 0.497 e. The Hall–Kier alpha value is -2.78. The fourth-order valence-corrected chi connectivity index (χ4v) is 5.53. The number of hydrogen-bond acceptors (Lipinski definition) is 5. The lowest BCUT2D eigenvalue weighted by molar-refractivity contribution is -0.140. The molecule has 1 atom stereocenters. The van der Waals surface area contributed by atoms with Gasteiger partial charge in [-0.25, -0.2) is 8.42 Å². The van der Waals surface area contributed by atoms with E-state index in [9.17, 15) is 18.0 Å². The van der Waals surface area contributed by atoms with Crippen molar-refractivity contribution in [2.45, 2.75) is 57.7 Å². The highest BCUT2D eigenvalue weighted by Gasteiger charge is 2.33. The molecule has 1 fully saturated rings. The van der Waals surface area contributed by atoms with Crippen molar-refractivity contribution in [3.05, 3.63) is 59.1 Å². The van der Waals surface area contributed by atoms with Gasteiger partial charge in [-0.2, -0.15) is 0 Å². The van der Waals surface area contributed by atoms with E-state index >= 15 is 0 Å². The van der Waals surface area contributed by atoms with Gasteiger partial charge in [-0.05, 0) is 55.2 Å². The molecule has 2 aromatic carbocycles. The monoisotopic (exact) mass is 535 g/mol. The van der Waals surface area contributed by atoms with Crippen LogP contribution in [0.4, 0.5) is 5.69 Å². The van der Waals surface area contributed by atoms with Crippen molar-refractivity contribution >= 4 is 39.1 Å². The Bertz CT molecular complexity index is 1170. The molecule has 2 aromatic rings. The standard InChI is InChI=1S/C26H34ClN3O5S/c1-4-24(26(32)28-21-11-5-6-12-21)29(17-19-9-7-14-23(15-19)35-2)25(31)18-30(36(3,33)34)22-13-8-10-20(27)16-22/h7-10,13-16,21,24H,4-6,11-12,17-18H2,1-3H3,(H,28,32)/t24-/m0/s1. The Balaban J connectivity index is 1.93. The molecular weight excluding hydrogens is 502 g/mol. The SMILES string of the molecule is CC[C@@H](C(=O)NC1CCCC1)N(Cc1cccc(OC)c1)C(=O)CN(c1cccc(Cl)c1)S(C)(=O)=O. The third kappa shape index (κ3) is 7.36. The first-order valence-electron chi connectivity index (χ1n) is 12.1. The lowest BCUT2D eigenvalue weighted by Crippen LogP contribution is -2.53. The van der Waals surface area contributed by atoms with Crippen molar-refractivity contribution in [1.29, 1.82) is 0 Å². The van der Waals surface area contributed by atoms with Gasteiger partial charge in [0.05, 0.1) is 19.1 Å². The zero-order chi connectivity index (χ0) is 26.3. The number of sulfonamides is 1. The molecule has 1 saturated carbocycles. The highest BCUT2D eigenvalue weighted by molar-refractivity contribution is 7.92. The number of nitrogens with one attached hydrogen (secondary N) is 1. The van der Waals surface area contributed by atoms with E-state index in [0.29, 0.717) is 17.2 Å². The summed E-state index contributed by atoms with van der Waals surface area (Å²) in [7, 11) is -2.26. The minimum atomic E-state index is -3.81. The molecule has 8 nitrogen and oxygen atoms in total. The van der Waals surface area contributed by atoms with Gasteiger partial charge in [-0.15, -0.1) is 0 Å². The molecule has 36 heavy (non-hydrogen) atoms. The van der Waals surface area contributed by atoms with Crippen LogP contribution in [0.3, 0.4) is 0 Å². The maximum Gasteiger partial charge on any atom is 0.244 e. The molecule has 0 aliphatic heterocycles. The van der Waals surface area contributed by atoms with E-state index < -0.39 is 28.5 Å². The number of amides is 2. The van der Waals surface area contributed by atoms with Crippen LogP contribution in [0.15, 0.2) is 48.5 Å². The van der Waals surface area contributed by atoms with Gasteiger partial charge in [-0.3, -0.25) is 13.9 Å². The Kier molecular flexibility index (Phi) is 9.62. The Morgan fingerprint density at radius 1 is 1.14 bits per heavy atom. The van der Waals surface area contributed by atoms with Crippen molar-refractivity contribution in [1.82, 2.24) is 10.2 Å². The molecule has 196 valence electrons. The molecular formula is C26H34ClN3O5S. The number of nitrogens with zero attached hydrogens (tertiary/aromatic N) is 2. The van der Waals surface area contributed by atoms with E-state index in [2.05, 4.69) is 5.32 Å².